The molecule has 4 N–H and O–H groups in total. The number of nitrogens with zero attached hydrogens (tertiary/aromatic N) is 4. The van der Waals surface area contributed by atoms with Crippen LogP contribution in [-0.4, -0.2) is 45.8 Å². The van der Waals surface area contributed by atoms with E-state index in [1.807, 2.05) is 32.6 Å². The molecule has 0 radical (unpaired) electrons. The summed E-state index contributed by atoms with van der Waals surface area (Å²) >= 11 is 0. The third kappa shape index (κ3) is 4.20. The van der Waals surface area contributed by atoms with E-state index in [1.54, 1.807) is 0 Å². The lowest BCUT2D eigenvalue weighted by Crippen LogP contribution is -2.31. The number of hydrogen-bond donors (Lipinski definition) is 3. The van der Waals surface area contributed by atoms with Crippen molar-refractivity contribution in [2.24, 2.45) is 5.92 Å². The molecular weight excluding hydrogens is 244 g/mol. The predicted molar refractivity (Wildman–Crippen MR) is 77.1 cm³/mol. The number of nitrogen functional groups attached to an aromatic ring is 1. The normalized spacial score (nSPS) is 12.5. The molecule has 1 aromatic rings. The zero-order valence-electron chi connectivity index (χ0n) is 12.1. The van der Waals surface area contributed by atoms with Crippen LogP contribution in [-0.2, 0) is 0 Å². The number of aliphatic hydroxyl groups is 1. The molecule has 0 aliphatic heterocycles. The van der Waals surface area contributed by atoms with Crippen molar-refractivity contribution in [3.8, 4) is 0 Å². The second-order valence-electron chi connectivity index (χ2n) is 4.67. The standard InChI is InChI=1S/C12H24N6O/c1-5-18(6-2)12-16-10(13)15-11(17-12)14-9(7-19)8(3)4/h8-9,19H,5-7H2,1-4H3,(H3,13,14,15,16,17)/t9-/m1/s1. The third-order valence-electron chi connectivity index (χ3n) is 3.00. The van der Waals surface area contributed by atoms with Crippen molar-refractivity contribution in [1.29, 1.82) is 0 Å². The van der Waals surface area contributed by atoms with Gasteiger partial charge < -0.3 is 21.1 Å². The minimum Gasteiger partial charge on any atom is -0.394 e. The Balaban J connectivity index is 2.96. The van der Waals surface area contributed by atoms with Crippen LogP contribution in [0.15, 0.2) is 0 Å². The first-order valence-corrected chi connectivity index (χ1v) is 6.65. The van der Waals surface area contributed by atoms with Gasteiger partial charge in [-0.25, -0.2) is 0 Å². The highest BCUT2D eigenvalue weighted by atomic mass is 16.3. The molecule has 0 fully saturated rings. The highest BCUT2D eigenvalue weighted by Gasteiger charge is 2.15. The van der Waals surface area contributed by atoms with Gasteiger partial charge in [0.15, 0.2) is 0 Å². The van der Waals surface area contributed by atoms with Gasteiger partial charge in [0.05, 0.1) is 12.6 Å². The number of nitrogens with one attached hydrogen (secondary N) is 1. The molecule has 19 heavy (non-hydrogen) atoms. The third-order valence-corrected chi connectivity index (χ3v) is 3.00. The molecule has 0 unspecified atom stereocenters. The fourth-order valence-corrected chi connectivity index (χ4v) is 1.68. The van der Waals surface area contributed by atoms with Gasteiger partial charge >= 0.3 is 0 Å². The highest BCUT2D eigenvalue weighted by Crippen LogP contribution is 2.14. The molecule has 7 nitrogen and oxygen atoms in total. The van der Waals surface area contributed by atoms with Crippen LogP contribution in [0.2, 0.25) is 0 Å². The Hall–Kier alpha value is -1.63. The highest BCUT2D eigenvalue weighted by molar-refractivity contribution is 5.42. The van der Waals surface area contributed by atoms with E-state index in [1.165, 1.54) is 0 Å². The monoisotopic (exact) mass is 268 g/mol. The molecule has 1 heterocycles. The number of aliphatic hydroxyl groups excluding tert-OH is 1. The lowest BCUT2D eigenvalue weighted by Gasteiger charge is -2.22. The smallest absolute Gasteiger partial charge is 0.231 e. The van der Waals surface area contributed by atoms with E-state index in [0.717, 1.165) is 13.1 Å². The van der Waals surface area contributed by atoms with Crippen molar-refractivity contribution in [3.05, 3.63) is 0 Å². The van der Waals surface area contributed by atoms with Gasteiger partial charge in [0.25, 0.3) is 0 Å². The van der Waals surface area contributed by atoms with E-state index in [0.29, 0.717) is 11.9 Å². The van der Waals surface area contributed by atoms with Gasteiger partial charge in [0.1, 0.15) is 0 Å². The van der Waals surface area contributed by atoms with Crippen LogP contribution in [0.5, 0.6) is 0 Å². The number of hydrogen-bond acceptors (Lipinski definition) is 7. The molecule has 0 aromatic carbocycles. The molecule has 1 aromatic heterocycles. The zero-order valence-corrected chi connectivity index (χ0v) is 12.1. The Bertz CT molecular complexity index is 394. The maximum Gasteiger partial charge on any atom is 0.231 e. The average molecular weight is 268 g/mol. The second kappa shape index (κ2) is 7.08. The minimum absolute atomic E-state index is 0.0177. The Labute approximate surface area is 114 Å². The minimum atomic E-state index is -0.105. The maximum absolute atomic E-state index is 9.32. The lowest BCUT2D eigenvalue weighted by molar-refractivity contribution is 0.248. The van der Waals surface area contributed by atoms with Crippen molar-refractivity contribution in [1.82, 2.24) is 15.0 Å². The van der Waals surface area contributed by atoms with Gasteiger partial charge in [-0.05, 0) is 19.8 Å². The van der Waals surface area contributed by atoms with Crippen LogP contribution < -0.4 is 16.0 Å². The summed E-state index contributed by atoms with van der Waals surface area (Å²) in [5.41, 5.74) is 5.71. The summed E-state index contributed by atoms with van der Waals surface area (Å²) in [6.45, 7) is 9.71. The topological polar surface area (TPSA) is 100 Å². The SMILES string of the molecule is CCN(CC)c1nc(N)nc(N[C@H](CO)C(C)C)n1. The molecule has 108 valence electrons. The Kier molecular flexibility index (Phi) is 5.75. The van der Waals surface area contributed by atoms with Gasteiger partial charge in [-0.3, -0.25) is 0 Å². The van der Waals surface area contributed by atoms with E-state index >= 15 is 0 Å². The predicted octanol–water partition coefficient (Wildman–Crippen LogP) is 0.729. The van der Waals surface area contributed by atoms with Crippen molar-refractivity contribution in [2.45, 2.75) is 33.7 Å². The Morgan fingerprint density at radius 3 is 2.32 bits per heavy atom. The summed E-state index contributed by atoms with van der Waals surface area (Å²) in [6, 6.07) is -0.105. The summed E-state index contributed by atoms with van der Waals surface area (Å²) in [5.74, 6) is 1.40. The van der Waals surface area contributed by atoms with Crippen LogP contribution >= 0.6 is 0 Å². The number of anilines is 3. The molecule has 7 heteroatoms. The molecule has 0 amide bonds. The summed E-state index contributed by atoms with van der Waals surface area (Å²) in [6.07, 6.45) is 0. The van der Waals surface area contributed by atoms with Crippen molar-refractivity contribution in [2.75, 3.05) is 35.6 Å². The van der Waals surface area contributed by atoms with E-state index in [9.17, 15) is 5.11 Å². The van der Waals surface area contributed by atoms with Crippen LogP contribution in [0, 0.1) is 5.92 Å². The molecule has 0 bridgehead atoms. The summed E-state index contributed by atoms with van der Waals surface area (Å²) in [5, 5.41) is 12.4. The fourth-order valence-electron chi connectivity index (χ4n) is 1.68. The molecular formula is C12H24N6O. The van der Waals surface area contributed by atoms with Crippen molar-refractivity contribution in [3.63, 3.8) is 0 Å². The quantitative estimate of drug-likeness (QED) is 0.670. The van der Waals surface area contributed by atoms with Gasteiger partial charge in [0, 0.05) is 13.1 Å². The second-order valence-corrected chi connectivity index (χ2v) is 4.67. The number of nitrogens with two attached hydrogens (primary N) is 1. The Morgan fingerprint density at radius 2 is 1.84 bits per heavy atom. The van der Waals surface area contributed by atoms with Crippen molar-refractivity contribution < 1.29 is 5.11 Å². The van der Waals surface area contributed by atoms with Gasteiger partial charge in [-0.2, -0.15) is 15.0 Å². The molecule has 0 aliphatic rings. The fraction of sp³-hybridized carbons (Fsp3) is 0.750. The largest absolute Gasteiger partial charge is 0.394 e. The van der Waals surface area contributed by atoms with Crippen LogP contribution in [0.4, 0.5) is 17.8 Å². The molecule has 0 aliphatic carbocycles. The van der Waals surface area contributed by atoms with Gasteiger partial charge in [0.2, 0.25) is 17.8 Å². The first kappa shape index (κ1) is 15.4. The van der Waals surface area contributed by atoms with E-state index in [2.05, 4.69) is 20.3 Å². The summed E-state index contributed by atoms with van der Waals surface area (Å²) in [7, 11) is 0. The van der Waals surface area contributed by atoms with Crippen LogP contribution in [0.3, 0.4) is 0 Å². The molecule has 1 rings (SSSR count). The van der Waals surface area contributed by atoms with E-state index < -0.39 is 0 Å². The van der Waals surface area contributed by atoms with Crippen LogP contribution in [0.25, 0.3) is 0 Å². The van der Waals surface area contributed by atoms with Crippen LogP contribution in [0.1, 0.15) is 27.7 Å². The van der Waals surface area contributed by atoms with Crippen molar-refractivity contribution >= 4 is 17.8 Å². The average Bonchev–Trinajstić information content (AvgIpc) is 2.36. The van der Waals surface area contributed by atoms with E-state index in [-0.39, 0.29) is 24.5 Å². The van der Waals surface area contributed by atoms with E-state index in [4.69, 9.17) is 5.73 Å². The van der Waals surface area contributed by atoms with Gasteiger partial charge in [-0.1, -0.05) is 13.8 Å². The summed E-state index contributed by atoms with van der Waals surface area (Å²) < 4.78 is 0. The number of aromatic nitrogens is 3. The number of rotatable bonds is 7. The first-order chi connectivity index (χ1) is 9.01. The molecule has 1 atom stereocenters. The molecule has 0 saturated carbocycles. The molecule has 0 spiro atoms. The lowest BCUT2D eigenvalue weighted by atomic mass is 10.1. The summed E-state index contributed by atoms with van der Waals surface area (Å²) in [4.78, 5) is 14.5. The zero-order chi connectivity index (χ0) is 14.4. The maximum atomic E-state index is 9.32. The molecule has 0 saturated heterocycles. The first-order valence-electron chi connectivity index (χ1n) is 6.65. The Morgan fingerprint density at radius 1 is 1.21 bits per heavy atom. The van der Waals surface area contributed by atoms with Gasteiger partial charge in [-0.15, -0.1) is 0 Å².